The van der Waals surface area contributed by atoms with Gasteiger partial charge in [-0.2, -0.15) is 24.5 Å². The van der Waals surface area contributed by atoms with E-state index in [9.17, 15) is 42.5 Å². The zero-order chi connectivity index (χ0) is 53.0. The molecule has 11 nitrogen and oxygen atoms in total. The number of nitrogens with zero attached hydrogens (tertiary/aromatic N) is 1. The number of nitro benzene ring substituents is 1. The number of benzene rings is 7. The van der Waals surface area contributed by atoms with E-state index in [1.54, 1.807) is 54.7 Å². The van der Waals surface area contributed by atoms with Gasteiger partial charge in [-0.1, -0.05) is 84.9 Å². The average Bonchev–Trinajstić information content (AvgIpc) is 3.77. The van der Waals surface area contributed by atoms with E-state index in [1.807, 2.05) is 57.2 Å². The molecule has 0 aliphatic rings. The normalized spacial score (nSPS) is 10.6. The molecule has 0 aliphatic heterocycles. The maximum atomic E-state index is 13.0. The third-order valence-corrected chi connectivity index (χ3v) is 12.3. The monoisotopic (exact) mass is 995 g/mol. The molecule has 0 saturated carbocycles. The number of carboxylic acids is 4. The number of rotatable bonds is 9. The van der Waals surface area contributed by atoms with Gasteiger partial charge in [-0.05, 0) is 179 Å². The molecule has 7 aromatic carbocycles. The number of hydrogen-bond donors (Lipinski definition) is 4. The second-order valence-electron chi connectivity index (χ2n) is 16.4. The highest BCUT2D eigenvalue weighted by Gasteiger charge is 2.33. The molecule has 1 heterocycles. The standard InChI is InChI=1S/C15H11F3O2.C15H14O2.C14H11NO4.C13H12O2S/c1-9-8-10(14(19)20)6-7-11(9)12-4-2-3-5-13(12)15(16,17)18;1-10-5-3-4-6-13(10)14-8-7-12(15(16)17)9-11(14)2;1-9-4-2-3-5-11(9)12-7-6-10(14(16)17)8-13(12)15(18)19;1-8-5-10(13(14)15)3-4-11(8)12-7-16-6-9(12)2/h2-8H,1H3,(H,19,20);3-9H,1-2H3,(H,16,17);2-8H,1H3,(H,16,17);3-7H,1-2H3,(H,14,15). The van der Waals surface area contributed by atoms with Crippen LogP contribution in [0.15, 0.2) is 156 Å². The molecule has 0 atom stereocenters. The van der Waals surface area contributed by atoms with Crippen LogP contribution in [0.3, 0.4) is 0 Å². The van der Waals surface area contributed by atoms with Crippen LogP contribution in [0, 0.1) is 51.7 Å². The molecule has 0 radical (unpaired) electrons. The number of carbonyl (C=O) groups is 4. The van der Waals surface area contributed by atoms with Gasteiger partial charge in [0.05, 0.1) is 38.3 Å². The van der Waals surface area contributed by atoms with Gasteiger partial charge >= 0.3 is 30.1 Å². The van der Waals surface area contributed by atoms with Gasteiger partial charge in [0.1, 0.15) is 0 Å². The first-order chi connectivity index (χ1) is 34.0. The summed E-state index contributed by atoms with van der Waals surface area (Å²) in [7, 11) is 0. The second kappa shape index (κ2) is 23.7. The van der Waals surface area contributed by atoms with Gasteiger partial charge in [-0.25, -0.2) is 19.2 Å². The SMILES string of the molecule is Cc1cc(C(=O)O)ccc1-c1ccccc1C(F)(F)F.Cc1cc(C(=O)O)ccc1-c1cscc1C.Cc1ccccc1-c1ccc(C(=O)O)cc1C.Cc1ccccc1-c1ccc(C(=O)O)cc1[N+](=O)[O-]. The number of nitro groups is 1. The fourth-order valence-electron chi connectivity index (χ4n) is 7.69. The Balaban J connectivity index is 0.000000179. The maximum Gasteiger partial charge on any atom is 0.417 e. The predicted molar refractivity (Wildman–Crippen MR) is 273 cm³/mol. The van der Waals surface area contributed by atoms with Crippen molar-refractivity contribution in [2.45, 2.75) is 47.7 Å². The summed E-state index contributed by atoms with van der Waals surface area (Å²) in [6.07, 6.45) is -4.45. The number of thiophene rings is 1. The van der Waals surface area contributed by atoms with Crippen molar-refractivity contribution < 1.29 is 57.7 Å². The van der Waals surface area contributed by atoms with Crippen molar-refractivity contribution in [1.82, 2.24) is 0 Å². The lowest BCUT2D eigenvalue weighted by atomic mass is 9.94. The molecule has 0 saturated heterocycles. The van der Waals surface area contributed by atoms with Crippen LogP contribution in [0.4, 0.5) is 18.9 Å². The molecular weight excluding hydrogens is 948 g/mol. The van der Waals surface area contributed by atoms with Crippen LogP contribution in [0.25, 0.3) is 44.5 Å². The molecule has 0 aliphatic carbocycles. The molecule has 368 valence electrons. The summed E-state index contributed by atoms with van der Waals surface area (Å²) in [5.41, 5.74) is 11.6. The summed E-state index contributed by atoms with van der Waals surface area (Å²) in [5.74, 6) is -4.05. The minimum Gasteiger partial charge on any atom is -0.478 e. The summed E-state index contributed by atoms with van der Waals surface area (Å²) in [6, 6.07) is 39.1. The first-order valence-corrected chi connectivity index (χ1v) is 22.8. The lowest BCUT2D eigenvalue weighted by Gasteiger charge is -2.14. The van der Waals surface area contributed by atoms with Crippen molar-refractivity contribution in [3.63, 3.8) is 0 Å². The third-order valence-electron chi connectivity index (χ3n) is 11.4. The fraction of sp³-hybridized carbons (Fsp3) is 0.123. The quantitative estimate of drug-likeness (QED) is 0.0799. The molecule has 0 bridgehead atoms. The zero-order valence-electron chi connectivity index (χ0n) is 39.7. The van der Waals surface area contributed by atoms with Crippen LogP contribution < -0.4 is 0 Å². The summed E-state index contributed by atoms with van der Waals surface area (Å²) in [6.45, 7) is 11.4. The molecular formula is C57H48F3NO10S. The topological polar surface area (TPSA) is 192 Å². The highest BCUT2D eigenvalue weighted by molar-refractivity contribution is 7.08. The summed E-state index contributed by atoms with van der Waals surface area (Å²) >= 11 is 1.66. The van der Waals surface area contributed by atoms with Gasteiger partial charge in [0.25, 0.3) is 5.69 Å². The van der Waals surface area contributed by atoms with Crippen molar-refractivity contribution in [1.29, 1.82) is 0 Å². The van der Waals surface area contributed by atoms with Crippen LogP contribution in [0.5, 0.6) is 0 Å². The molecule has 1 aromatic heterocycles. The number of aromatic carboxylic acids is 4. The van der Waals surface area contributed by atoms with Gasteiger partial charge in [-0.3, -0.25) is 10.1 Å². The molecule has 8 aromatic rings. The van der Waals surface area contributed by atoms with Gasteiger partial charge in [0.2, 0.25) is 0 Å². The Kier molecular flexibility index (Phi) is 17.9. The Morgan fingerprint density at radius 2 is 0.750 bits per heavy atom. The van der Waals surface area contributed by atoms with Crippen molar-refractivity contribution in [3.8, 4) is 44.5 Å². The lowest BCUT2D eigenvalue weighted by Crippen LogP contribution is -2.07. The molecule has 4 N–H and O–H groups in total. The summed E-state index contributed by atoms with van der Waals surface area (Å²) < 4.78 is 38.9. The molecule has 8 rings (SSSR count). The van der Waals surface area contributed by atoms with E-state index in [0.717, 1.165) is 51.1 Å². The minimum atomic E-state index is -4.45. The molecule has 15 heteroatoms. The number of alkyl halides is 3. The zero-order valence-corrected chi connectivity index (χ0v) is 40.6. The lowest BCUT2D eigenvalue weighted by molar-refractivity contribution is -0.384. The van der Waals surface area contributed by atoms with Crippen LogP contribution in [0.1, 0.15) is 80.4 Å². The average molecular weight is 996 g/mol. The van der Waals surface area contributed by atoms with Gasteiger partial charge in [0.15, 0.2) is 0 Å². The van der Waals surface area contributed by atoms with Crippen LogP contribution in [-0.2, 0) is 6.18 Å². The molecule has 0 fully saturated rings. The maximum absolute atomic E-state index is 13.0. The molecule has 0 spiro atoms. The Labute approximate surface area is 416 Å². The van der Waals surface area contributed by atoms with Crippen molar-refractivity contribution in [2.24, 2.45) is 0 Å². The van der Waals surface area contributed by atoms with Crippen LogP contribution in [0.2, 0.25) is 0 Å². The second-order valence-corrected chi connectivity index (χ2v) is 17.2. The highest BCUT2D eigenvalue weighted by atomic mass is 32.1. The largest absolute Gasteiger partial charge is 0.478 e. The van der Waals surface area contributed by atoms with Gasteiger partial charge in [0, 0.05) is 6.07 Å². The van der Waals surface area contributed by atoms with Crippen molar-refractivity contribution >= 4 is 40.9 Å². The molecule has 72 heavy (non-hydrogen) atoms. The smallest absolute Gasteiger partial charge is 0.417 e. The first-order valence-electron chi connectivity index (χ1n) is 21.8. The Morgan fingerprint density at radius 3 is 1.11 bits per heavy atom. The number of halogens is 3. The summed E-state index contributed by atoms with van der Waals surface area (Å²) in [4.78, 5) is 53.9. The van der Waals surface area contributed by atoms with Gasteiger partial charge in [-0.15, -0.1) is 0 Å². The first kappa shape index (κ1) is 54.3. The third kappa shape index (κ3) is 13.5. The molecule has 0 unspecified atom stereocenters. The number of aryl methyl sites for hydroxylation is 6. The van der Waals surface area contributed by atoms with Crippen molar-refractivity contribution in [3.05, 3.63) is 228 Å². The van der Waals surface area contributed by atoms with Gasteiger partial charge < -0.3 is 20.4 Å². The fourth-order valence-corrected chi connectivity index (χ4v) is 8.54. The van der Waals surface area contributed by atoms with E-state index in [0.29, 0.717) is 27.8 Å². The van der Waals surface area contributed by atoms with E-state index < -0.39 is 40.5 Å². The summed E-state index contributed by atoms with van der Waals surface area (Å²) in [5, 5.41) is 50.9. The van der Waals surface area contributed by atoms with E-state index in [1.165, 1.54) is 65.2 Å². The highest BCUT2D eigenvalue weighted by Crippen LogP contribution is 2.38. The van der Waals surface area contributed by atoms with Crippen LogP contribution in [-0.4, -0.2) is 49.2 Å². The van der Waals surface area contributed by atoms with E-state index in [-0.39, 0.29) is 22.4 Å². The predicted octanol–water partition coefficient (Wildman–Crippen LogP) is 15.0. The number of hydrogen-bond acceptors (Lipinski definition) is 7. The van der Waals surface area contributed by atoms with E-state index >= 15 is 0 Å². The minimum absolute atomic E-state index is 0.0504. The Bertz CT molecular complexity index is 3320. The Morgan fingerprint density at radius 1 is 0.417 bits per heavy atom. The van der Waals surface area contributed by atoms with Crippen molar-refractivity contribution in [2.75, 3.05) is 0 Å². The Hall–Kier alpha value is -8.69. The molecule has 0 amide bonds. The van der Waals surface area contributed by atoms with Crippen LogP contribution >= 0.6 is 11.3 Å². The number of carboxylic acid groups (broad SMARTS) is 4. The van der Waals surface area contributed by atoms with E-state index in [4.69, 9.17) is 20.4 Å². The van der Waals surface area contributed by atoms with E-state index in [2.05, 4.69) is 36.7 Å².